The van der Waals surface area contributed by atoms with Crippen molar-refractivity contribution in [3.63, 3.8) is 0 Å². The Kier molecular flexibility index (Phi) is 3.59. The first-order valence-corrected chi connectivity index (χ1v) is 7.49. The fourth-order valence-corrected chi connectivity index (χ4v) is 2.71. The predicted octanol–water partition coefficient (Wildman–Crippen LogP) is 5.27. The van der Waals surface area contributed by atoms with Gasteiger partial charge in [0.1, 0.15) is 0 Å². The zero-order valence-electron chi connectivity index (χ0n) is 10.9. The van der Waals surface area contributed by atoms with Crippen molar-refractivity contribution in [2.24, 2.45) is 0 Å². The third-order valence-electron chi connectivity index (χ3n) is 3.25. The molecule has 0 aliphatic carbocycles. The number of imidazole rings is 1. The van der Waals surface area contributed by atoms with Crippen molar-refractivity contribution in [1.82, 2.24) is 9.55 Å². The van der Waals surface area contributed by atoms with E-state index in [1.165, 1.54) is 5.56 Å². The largest absolute Gasteiger partial charge is 0.330 e. The minimum absolute atomic E-state index is 0.706. The maximum absolute atomic E-state index is 5.44. The summed E-state index contributed by atoms with van der Waals surface area (Å²) in [6.45, 7) is 2.09. The van der Waals surface area contributed by atoms with Crippen LogP contribution in [0.15, 0.2) is 59.2 Å². The van der Waals surface area contributed by atoms with Gasteiger partial charge in [-0.2, -0.15) is 0 Å². The molecule has 20 heavy (non-hydrogen) atoms. The Hall–Kier alpha value is -1.65. The molecule has 0 aliphatic heterocycles. The van der Waals surface area contributed by atoms with Crippen LogP contribution in [0.25, 0.3) is 16.9 Å². The van der Waals surface area contributed by atoms with Gasteiger partial charge >= 0.3 is 0 Å². The van der Waals surface area contributed by atoms with Crippen molar-refractivity contribution in [2.75, 3.05) is 0 Å². The molecule has 0 atom stereocenters. The van der Waals surface area contributed by atoms with Crippen LogP contribution in [0.4, 0.5) is 0 Å². The molecule has 0 amide bonds. The summed E-state index contributed by atoms with van der Waals surface area (Å²) in [5.74, 6) is 0. The number of aromatic nitrogens is 2. The normalized spacial score (nSPS) is 10.7. The molecule has 0 spiro atoms. The van der Waals surface area contributed by atoms with Gasteiger partial charge in [-0.1, -0.05) is 46.3 Å². The van der Waals surface area contributed by atoms with Crippen LogP contribution in [0.1, 0.15) is 5.56 Å². The number of hydrogen-bond donors (Lipinski definition) is 1. The second kappa shape index (κ2) is 5.38. The van der Waals surface area contributed by atoms with Gasteiger partial charge in [0.2, 0.25) is 0 Å². The standard InChI is InChI=1S/C16H13BrN2S/c1-11-4-2-3-5-15(11)19-10-14(18-16(19)20)12-6-8-13(17)9-7-12/h2-10H,1H3,(H,18,20). The van der Waals surface area contributed by atoms with E-state index in [9.17, 15) is 0 Å². The second-order valence-corrected chi connectivity index (χ2v) is 5.94. The Bertz CT molecular complexity index is 800. The van der Waals surface area contributed by atoms with Crippen LogP contribution in [-0.2, 0) is 0 Å². The van der Waals surface area contributed by atoms with E-state index < -0.39 is 0 Å². The van der Waals surface area contributed by atoms with E-state index in [-0.39, 0.29) is 0 Å². The average molecular weight is 345 g/mol. The first-order chi connectivity index (χ1) is 9.65. The average Bonchev–Trinajstić information content (AvgIpc) is 2.82. The van der Waals surface area contributed by atoms with Gasteiger partial charge in [0.05, 0.1) is 11.4 Å². The topological polar surface area (TPSA) is 20.7 Å². The van der Waals surface area contributed by atoms with Gasteiger partial charge in [-0.25, -0.2) is 0 Å². The van der Waals surface area contributed by atoms with Crippen molar-refractivity contribution < 1.29 is 0 Å². The molecular formula is C16H13BrN2S. The number of rotatable bonds is 2. The first kappa shape index (κ1) is 13.3. The Balaban J connectivity index is 2.10. The lowest BCUT2D eigenvalue weighted by molar-refractivity contribution is 1.02. The predicted molar refractivity (Wildman–Crippen MR) is 88.8 cm³/mol. The molecule has 3 aromatic rings. The van der Waals surface area contributed by atoms with E-state index in [4.69, 9.17) is 12.2 Å². The van der Waals surface area contributed by atoms with Gasteiger partial charge < -0.3 is 4.98 Å². The smallest absolute Gasteiger partial charge is 0.182 e. The van der Waals surface area contributed by atoms with E-state index in [2.05, 4.69) is 52.1 Å². The third kappa shape index (κ3) is 2.49. The highest BCUT2D eigenvalue weighted by Crippen LogP contribution is 2.23. The van der Waals surface area contributed by atoms with Crippen molar-refractivity contribution in [1.29, 1.82) is 0 Å². The Morgan fingerprint density at radius 1 is 1.05 bits per heavy atom. The molecule has 2 aromatic carbocycles. The first-order valence-electron chi connectivity index (χ1n) is 6.29. The van der Waals surface area contributed by atoms with Gasteiger partial charge in [0.25, 0.3) is 0 Å². The number of para-hydroxylation sites is 1. The zero-order valence-corrected chi connectivity index (χ0v) is 13.3. The van der Waals surface area contributed by atoms with Gasteiger partial charge in [0, 0.05) is 10.7 Å². The molecule has 3 rings (SSSR count). The van der Waals surface area contributed by atoms with Crippen LogP contribution in [0.3, 0.4) is 0 Å². The number of halogens is 1. The molecular weight excluding hydrogens is 332 g/mol. The Labute approximate surface area is 131 Å². The number of aryl methyl sites for hydroxylation is 1. The van der Waals surface area contributed by atoms with Crippen LogP contribution in [0, 0.1) is 11.7 Å². The van der Waals surface area contributed by atoms with Gasteiger partial charge in [0.15, 0.2) is 4.77 Å². The van der Waals surface area contributed by atoms with Crippen molar-refractivity contribution in [2.45, 2.75) is 6.92 Å². The van der Waals surface area contributed by atoms with E-state index in [1.54, 1.807) is 0 Å². The summed E-state index contributed by atoms with van der Waals surface area (Å²) >= 11 is 8.89. The summed E-state index contributed by atoms with van der Waals surface area (Å²) in [5, 5.41) is 0. The summed E-state index contributed by atoms with van der Waals surface area (Å²) in [5.41, 5.74) is 4.44. The van der Waals surface area contributed by atoms with E-state index in [0.717, 1.165) is 21.4 Å². The number of aromatic amines is 1. The summed E-state index contributed by atoms with van der Waals surface area (Å²) in [4.78, 5) is 3.27. The number of benzene rings is 2. The lowest BCUT2D eigenvalue weighted by atomic mass is 10.2. The molecule has 2 nitrogen and oxygen atoms in total. The minimum Gasteiger partial charge on any atom is -0.330 e. The van der Waals surface area contributed by atoms with Gasteiger partial charge in [-0.15, -0.1) is 0 Å². The minimum atomic E-state index is 0.706. The summed E-state index contributed by atoms with van der Waals surface area (Å²) in [7, 11) is 0. The molecule has 0 aliphatic rings. The molecule has 0 fully saturated rings. The third-order valence-corrected chi connectivity index (χ3v) is 4.08. The fourth-order valence-electron chi connectivity index (χ4n) is 2.18. The Morgan fingerprint density at radius 2 is 1.75 bits per heavy atom. The molecule has 1 aromatic heterocycles. The molecule has 1 N–H and O–H groups in total. The molecule has 4 heteroatoms. The highest BCUT2D eigenvalue weighted by atomic mass is 79.9. The Morgan fingerprint density at radius 3 is 2.45 bits per heavy atom. The van der Waals surface area contributed by atoms with Crippen LogP contribution in [0.5, 0.6) is 0 Å². The van der Waals surface area contributed by atoms with Crippen LogP contribution < -0.4 is 0 Å². The van der Waals surface area contributed by atoms with Crippen LogP contribution in [0.2, 0.25) is 0 Å². The number of nitrogens with zero attached hydrogens (tertiary/aromatic N) is 1. The SMILES string of the molecule is Cc1ccccc1-n1cc(-c2ccc(Br)cc2)[nH]c1=S. The van der Waals surface area contributed by atoms with Crippen LogP contribution >= 0.6 is 28.1 Å². The zero-order chi connectivity index (χ0) is 14.1. The van der Waals surface area contributed by atoms with Crippen molar-refractivity contribution >= 4 is 28.1 Å². The summed E-state index contributed by atoms with van der Waals surface area (Å²) in [6.07, 6.45) is 2.05. The van der Waals surface area contributed by atoms with E-state index in [0.29, 0.717) is 4.77 Å². The maximum Gasteiger partial charge on any atom is 0.182 e. The molecule has 0 saturated heterocycles. The quantitative estimate of drug-likeness (QED) is 0.627. The highest BCUT2D eigenvalue weighted by molar-refractivity contribution is 9.10. The fraction of sp³-hybridized carbons (Fsp3) is 0.0625. The molecule has 0 bridgehead atoms. The summed E-state index contributed by atoms with van der Waals surface area (Å²) in [6, 6.07) is 16.4. The monoisotopic (exact) mass is 344 g/mol. The van der Waals surface area contributed by atoms with E-state index >= 15 is 0 Å². The maximum atomic E-state index is 5.44. The molecule has 0 saturated carbocycles. The number of nitrogens with one attached hydrogen (secondary N) is 1. The van der Waals surface area contributed by atoms with Gasteiger partial charge in [-0.3, -0.25) is 4.57 Å². The number of H-pyrrole nitrogens is 1. The molecule has 0 radical (unpaired) electrons. The lowest BCUT2D eigenvalue weighted by Crippen LogP contribution is -1.94. The number of hydrogen-bond acceptors (Lipinski definition) is 1. The summed E-state index contributed by atoms with van der Waals surface area (Å²) < 4.78 is 3.79. The lowest BCUT2D eigenvalue weighted by Gasteiger charge is -2.05. The molecule has 100 valence electrons. The van der Waals surface area contributed by atoms with Crippen LogP contribution in [-0.4, -0.2) is 9.55 Å². The van der Waals surface area contributed by atoms with Crippen molar-refractivity contribution in [3.8, 4) is 16.9 Å². The highest BCUT2D eigenvalue weighted by Gasteiger charge is 2.06. The van der Waals surface area contributed by atoms with Crippen molar-refractivity contribution in [3.05, 3.63) is 69.5 Å². The second-order valence-electron chi connectivity index (χ2n) is 4.64. The molecule has 1 heterocycles. The molecule has 0 unspecified atom stereocenters. The van der Waals surface area contributed by atoms with E-state index in [1.807, 2.05) is 35.0 Å². The van der Waals surface area contributed by atoms with Gasteiger partial charge in [-0.05, 0) is 48.5 Å².